The first-order valence-corrected chi connectivity index (χ1v) is 14.0. The molecule has 194 valence electrons. The number of nitrogens with one attached hydrogen (secondary N) is 1. The molecule has 9 nitrogen and oxygen atoms in total. The molecular formula is C25H23Cl2N3O6S. The number of likely N-dealkylation sites (tertiary alicyclic amines) is 1. The first-order chi connectivity index (χ1) is 17.6. The second-order valence-corrected chi connectivity index (χ2v) is 12.6. The monoisotopic (exact) mass is 563 g/mol. The summed E-state index contributed by atoms with van der Waals surface area (Å²) in [4.78, 5) is 27.5. The maximum Gasteiger partial charge on any atom is 0.410 e. The Labute approximate surface area is 224 Å². The Morgan fingerprint density at radius 2 is 1.73 bits per heavy atom. The highest BCUT2D eigenvalue weighted by molar-refractivity contribution is 7.92. The lowest BCUT2D eigenvalue weighted by molar-refractivity contribution is -0.147. The van der Waals surface area contributed by atoms with Gasteiger partial charge in [0.15, 0.2) is 21.7 Å². The van der Waals surface area contributed by atoms with Gasteiger partial charge in [0.05, 0.1) is 21.2 Å². The standard InChI is InChI=1S/C25H23Cl2N3O6S/c26-16-5-7-17(8-6-16)36-25(11-12-25)22(31)30-14-18(37(33,34)20-4-2-1-3-19(20)27)13-21(30)35-23(32)29-24(15-28)9-10-24/h1-8,18,21H,9-14H2,(H,29,32)/t18-,21+/m1/s1. The summed E-state index contributed by atoms with van der Waals surface area (Å²) in [6.07, 6.45) is -0.381. The molecule has 1 N–H and O–H groups in total. The quantitative estimate of drug-likeness (QED) is 0.537. The third-order valence-corrected chi connectivity index (χ3v) is 9.71. The highest BCUT2D eigenvalue weighted by Crippen LogP contribution is 2.44. The van der Waals surface area contributed by atoms with Gasteiger partial charge in [-0.05, 0) is 49.2 Å². The largest absolute Gasteiger partial charge is 0.477 e. The van der Waals surface area contributed by atoms with E-state index >= 15 is 0 Å². The molecule has 2 amide bonds. The van der Waals surface area contributed by atoms with Crippen LogP contribution in [0.25, 0.3) is 0 Å². The minimum Gasteiger partial charge on any atom is -0.477 e. The number of amides is 2. The van der Waals surface area contributed by atoms with Crippen LogP contribution < -0.4 is 10.1 Å². The number of nitrogens with zero attached hydrogens (tertiary/aromatic N) is 2. The van der Waals surface area contributed by atoms with Crippen LogP contribution in [0.3, 0.4) is 0 Å². The van der Waals surface area contributed by atoms with Crippen molar-refractivity contribution in [1.82, 2.24) is 10.2 Å². The summed E-state index contributed by atoms with van der Waals surface area (Å²) >= 11 is 12.1. The molecule has 3 aliphatic rings. The van der Waals surface area contributed by atoms with E-state index in [-0.39, 0.29) is 22.9 Å². The van der Waals surface area contributed by atoms with Crippen molar-refractivity contribution in [2.45, 2.75) is 59.6 Å². The third-order valence-electron chi connectivity index (χ3n) is 6.82. The van der Waals surface area contributed by atoms with E-state index < -0.39 is 44.5 Å². The molecule has 0 spiro atoms. The SMILES string of the molecule is N#CC1(NC(=O)O[C@H]2C[C@@H](S(=O)(=O)c3ccccc3Cl)CN2C(=O)C2(Oc3ccc(Cl)cc3)CC2)CC1. The second kappa shape index (κ2) is 9.39. The normalized spacial score (nSPS) is 23.0. The van der Waals surface area contributed by atoms with Gasteiger partial charge < -0.3 is 19.7 Å². The molecule has 2 atom stereocenters. The number of halogens is 2. The molecule has 2 aliphatic carbocycles. The third kappa shape index (κ3) is 5.08. The molecular weight excluding hydrogens is 541 g/mol. The number of carbonyl (C=O) groups excluding carboxylic acids is 2. The van der Waals surface area contributed by atoms with E-state index in [4.69, 9.17) is 32.7 Å². The van der Waals surface area contributed by atoms with Gasteiger partial charge in [-0.25, -0.2) is 13.2 Å². The van der Waals surface area contributed by atoms with Crippen LogP contribution in [-0.4, -0.2) is 54.5 Å². The maximum atomic E-state index is 13.7. The highest BCUT2D eigenvalue weighted by atomic mass is 35.5. The lowest BCUT2D eigenvalue weighted by atomic mass is 10.2. The number of ether oxygens (including phenoxy) is 2. The molecule has 0 aromatic heterocycles. The Balaban J connectivity index is 1.40. The number of alkyl carbamates (subject to hydrolysis) is 1. The summed E-state index contributed by atoms with van der Waals surface area (Å²) in [7, 11) is -3.97. The average molecular weight is 564 g/mol. The molecule has 2 aromatic carbocycles. The van der Waals surface area contributed by atoms with Crippen LogP contribution in [0, 0.1) is 11.3 Å². The summed E-state index contributed by atoms with van der Waals surface area (Å²) in [5.74, 6) is -0.0341. The Hall–Kier alpha value is -3.00. The fraction of sp³-hybridized carbons (Fsp3) is 0.400. The number of hydrogen-bond donors (Lipinski definition) is 1. The summed E-state index contributed by atoms with van der Waals surface area (Å²) in [5.41, 5.74) is -2.18. The number of sulfone groups is 1. The Bertz CT molecular complexity index is 1380. The van der Waals surface area contributed by atoms with Crippen LogP contribution in [0.1, 0.15) is 32.1 Å². The van der Waals surface area contributed by atoms with Gasteiger partial charge in [-0.3, -0.25) is 4.79 Å². The van der Waals surface area contributed by atoms with E-state index in [0.717, 1.165) is 0 Å². The second-order valence-electron chi connectivity index (χ2n) is 9.52. The fourth-order valence-electron chi connectivity index (χ4n) is 4.37. The lowest BCUT2D eigenvalue weighted by Crippen LogP contribution is -2.49. The molecule has 3 fully saturated rings. The molecule has 1 heterocycles. The molecule has 1 saturated heterocycles. The Morgan fingerprint density at radius 1 is 1.05 bits per heavy atom. The molecule has 1 aliphatic heterocycles. The average Bonchev–Trinajstić information content (AvgIpc) is 3.78. The highest BCUT2D eigenvalue weighted by Gasteiger charge is 2.58. The van der Waals surface area contributed by atoms with Crippen molar-refractivity contribution in [3.63, 3.8) is 0 Å². The number of rotatable bonds is 7. The zero-order chi connectivity index (χ0) is 26.4. The van der Waals surface area contributed by atoms with Crippen molar-refractivity contribution in [2.24, 2.45) is 0 Å². The van der Waals surface area contributed by atoms with Crippen LogP contribution >= 0.6 is 23.2 Å². The van der Waals surface area contributed by atoms with Crippen LogP contribution in [-0.2, 0) is 19.4 Å². The number of hydrogen-bond acceptors (Lipinski definition) is 7. The number of nitriles is 1. The smallest absolute Gasteiger partial charge is 0.410 e. The molecule has 0 bridgehead atoms. The Kier molecular flexibility index (Phi) is 6.51. The molecule has 0 unspecified atom stereocenters. The minimum atomic E-state index is -3.97. The lowest BCUT2D eigenvalue weighted by Gasteiger charge is -2.29. The van der Waals surface area contributed by atoms with Crippen LogP contribution in [0.15, 0.2) is 53.4 Å². The summed E-state index contributed by atoms with van der Waals surface area (Å²) in [5, 5.41) is 11.3. The van der Waals surface area contributed by atoms with Crippen LogP contribution in [0.5, 0.6) is 5.75 Å². The molecule has 2 saturated carbocycles. The fourth-order valence-corrected chi connectivity index (χ4v) is 6.70. The van der Waals surface area contributed by atoms with Crippen LogP contribution in [0.2, 0.25) is 10.0 Å². The molecule has 2 aromatic rings. The van der Waals surface area contributed by atoms with Crippen LogP contribution in [0.4, 0.5) is 4.79 Å². The van der Waals surface area contributed by atoms with Crippen molar-refractivity contribution < 1.29 is 27.5 Å². The van der Waals surface area contributed by atoms with E-state index in [1.165, 1.54) is 17.0 Å². The predicted octanol–water partition coefficient (Wildman–Crippen LogP) is 4.09. The molecule has 12 heteroatoms. The molecule has 37 heavy (non-hydrogen) atoms. The van der Waals surface area contributed by atoms with Crippen molar-refractivity contribution in [3.8, 4) is 11.8 Å². The van der Waals surface area contributed by atoms with E-state index in [1.54, 1.807) is 36.4 Å². The van der Waals surface area contributed by atoms with E-state index in [1.807, 2.05) is 6.07 Å². The van der Waals surface area contributed by atoms with Gasteiger partial charge in [-0.2, -0.15) is 5.26 Å². The van der Waals surface area contributed by atoms with Gasteiger partial charge in [-0.1, -0.05) is 35.3 Å². The number of benzene rings is 2. The van der Waals surface area contributed by atoms with Crippen molar-refractivity contribution in [3.05, 3.63) is 58.6 Å². The van der Waals surface area contributed by atoms with Gasteiger partial charge in [0.1, 0.15) is 11.3 Å². The van der Waals surface area contributed by atoms with Gasteiger partial charge in [-0.15, -0.1) is 0 Å². The van der Waals surface area contributed by atoms with Gasteiger partial charge >= 0.3 is 6.09 Å². The summed E-state index contributed by atoms with van der Waals surface area (Å²) < 4.78 is 38.5. The number of carbonyl (C=O) groups is 2. The molecule has 5 rings (SSSR count). The first-order valence-electron chi connectivity index (χ1n) is 11.7. The maximum absolute atomic E-state index is 13.7. The van der Waals surface area contributed by atoms with Gasteiger partial charge in [0, 0.05) is 30.8 Å². The Morgan fingerprint density at radius 3 is 2.32 bits per heavy atom. The zero-order valence-electron chi connectivity index (χ0n) is 19.5. The van der Waals surface area contributed by atoms with E-state index in [0.29, 0.717) is 36.5 Å². The van der Waals surface area contributed by atoms with Crippen molar-refractivity contribution in [1.29, 1.82) is 5.26 Å². The van der Waals surface area contributed by atoms with Crippen molar-refractivity contribution >= 4 is 45.0 Å². The first kappa shape index (κ1) is 25.6. The van der Waals surface area contributed by atoms with E-state index in [2.05, 4.69) is 5.32 Å². The predicted molar refractivity (Wildman–Crippen MR) is 134 cm³/mol. The van der Waals surface area contributed by atoms with Gasteiger partial charge in [0.25, 0.3) is 5.91 Å². The van der Waals surface area contributed by atoms with Crippen molar-refractivity contribution in [2.75, 3.05) is 6.54 Å². The topological polar surface area (TPSA) is 126 Å². The zero-order valence-corrected chi connectivity index (χ0v) is 21.9. The van der Waals surface area contributed by atoms with Gasteiger partial charge in [0.2, 0.25) is 0 Å². The summed E-state index contributed by atoms with van der Waals surface area (Å²) in [6.45, 7) is -0.209. The minimum absolute atomic E-state index is 0.0564. The molecule has 0 radical (unpaired) electrons. The summed E-state index contributed by atoms with van der Waals surface area (Å²) in [6, 6.07) is 14.7. The van der Waals surface area contributed by atoms with E-state index in [9.17, 15) is 23.3 Å².